The van der Waals surface area contributed by atoms with E-state index in [9.17, 15) is 19.1 Å². The Bertz CT molecular complexity index is 778. The van der Waals surface area contributed by atoms with Crippen LogP contribution in [-0.4, -0.2) is 39.5 Å². The van der Waals surface area contributed by atoms with Crippen LogP contribution in [0, 0.1) is 11.7 Å². The Morgan fingerprint density at radius 3 is 2.91 bits per heavy atom. The Hall–Kier alpha value is -2.50. The SMILES string of the molecule is CC1CCN(C(=O)c2cc(F)cc3cccnc23)C(C(=O)O)C1. The van der Waals surface area contributed by atoms with Gasteiger partial charge in [0.2, 0.25) is 0 Å². The monoisotopic (exact) mass is 316 g/mol. The lowest BCUT2D eigenvalue weighted by Crippen LogP contribution is -2.49. The third-order valence-electron chi connectivity index (χ3n) is 4.31. The van der Waals surface area contributed by atoms with Crippen LogP contribution in [0.4, 0.5) is 4.39 Å². The van der Waals surface area contributed by atoms with E-state index in [4.69, 9.17) is 0 Å². The molecule has 120 valence electrons. The standard InChI is InChI=1S/C17H17FN2O3/c1-10-4-6-20(14(7-10)17(22)23)16(21)13-9-12(18)8-11-3-2-5-19-15(11)13/h2-3,5,8-10,14H,4,6-7H2,1H3,(H,22,23). The molecule has 0 aliphatic carbocycles. The van der Waals surface area contributed by atoms with E-state index in [1.54, 1.807) is 12.1 Å². The maximum atomic E-state index is 13.8. The first-order valence-corrected chi connectivity index (χ1v) is 7.55. The first kappa shape index (κ1) is 15.4. The molecule has 1 aliphatic heterocycles. The number of fused-ring (bicyclic) bond motifs is 1. The van der Waals surface area contributed by atoms with Crippen LogP contribution in [0.2, 0.25) is 0 Å². The quantitative estimate of drug-likeness (QED) is 0.925. The van der Waals surface area contributed by atoms with Gasteiger partial charge in [-0.2, -0.15) is 0 Å². The highest BCUT2D eigenvalue weighted by Gasteiger charge is 2.35. The average Bonchev–Trinajstić information content (AvgIpc) is 2.53. The van der Waals surface area contributed by atoms with Gasteiger partial charge in [0, 0.05) is 18.1 Å². The lowest BCUT2D eigenvalue weighted by atomic mass is 9.91. The number of aliphatic carboxylic acids is 1. The van der Waals surface area contributed by atoms with Gasteiger partial charge < -0.3 is 10.0 Å². The van der Waals surface area contributed by atoms with Crippen LogP contribution in [0.1, 0.15) is 30.1 Å². The predicted octanol–water partition coefficient (Wildman–Crippen LogP) is 2.70. The molecule has 6 heteroatoms. The van der Waals surface area contributed by atoms with Crippen LogP contribution in [0.5, 0.6) is 0 Å². The molecule has 1 N–H and O–H groups in total. The Balaban J connectivity index is 2.04. The van der Waals surface area contributed by atoms with Crippen LogP contribution in [0.15, 0.2) is 30.5 Å². The Kier molecular flexibility index (Phi) is 3.98. The zero-order valence-electron chi connectivity index (χ0n) is 12.7. The summed E-state index contributed by atoms with van der Waals surface area (Å²) in [7, 11) is 0. The smallest absolute Gasteiger partial charge is 0.326 e. The van der Waals surface area contributed by atoms with Gasteiger partial charge in [0.1, 0.15) is 11.9 Å². The van der Waals surface area contributed by atoms with E-state index in [2.05, 4.69) is 4.98 Å². The van der Waals surface area contributed by atoms with E-state index < -0.39 is 23.7 Å². The van der Waals surface area contributed by atoms with Gasteiger partial charge in [0.15, 0.2) is 0 Å². The van der Waals surface area contributed by atoms with E-state index >= 15 is 0 Å². The van der Waals surface area contributed by atoms with Crippen molar-refractivity contribution in [3.8, 4) is 0 Å². The van der Waals surface area contributed by atoms with E-state index in [-0.39, 0.29) is 11.5 Å². The summed E-state index contributed by atoms with van der Waals surface area (Å²) < 4.78 is 13.8. The predicted molar refractivity (Wildman–Crippen MR) is 82.6 cm³/mol. The molecule has 23 heavy (non-hydrogen) atoms. The van der Waals surface area contributed by atoms with Crippen LogP contribution in [0.25, 0.3) is 10.9 Å². The summed E-state index contributed by atoms with van der Waals surface area (Å²) in [6, 6.07) is 4.90. The lowest BCUT2D eigenvalue weighted by molar-refractivity contribution is -0.144. The number of rotatable bonds is 2. The van der Waals surface area contributed by atoms with Crippen molar-refractivity contribution in [1.82, 2.24) is 9.88 Å². The second-order valence-corrected chi connectivity index (χ2v) is 6.01. The zero-order valence-corrected chi connectivity index (χ0v) is 12.7. The Morgan fingerprint density at radius 1 is 1.39 bits per heavy atom. The second-order valence-electron chi connectivity index (χ2n) is 6.01. The molecule has 0 spiro atoms. The van der Waals surface area contributed by atoms with Crippen molar-refractivity contribution < 1.29 is 19.1 Å². The number of nitrogens with zero attached hydrogens (tertiary/aromatic N) is 2. The number of hydrogen-bond donors (Lipinski definition) is 1. The van der Waals surface area contributed by atoms with Gasteiger partial charge in [-0.3, -0.25) is 9.78 Å². The molecule has 1 amide bonds. The summed E-state index contributed by atoms with van der Waals surface area (Å²) in [5.41, 5.74) is 0.503. The van der Waals surface area contributed by atoms with Crippen molar-refractivity contribution in [3.63, 3.8) is 0 Å². The van der Waals surface area contributed by atoms with E-state index in [0.29, 0.717) is 23.9 Å². The molecule has 2 atom stereocenters. The molecule has 2 heterocycles. The number of hydrogen-bond acceptors (Lipinski definition) is 3. The van der Waals surface area contributed by atoms with Gasteiger partial charge in [0.25, 0.3) is 5.91 Å². The van der Waals surface area contributed by atoms with Gasteiger partial charge in [0.05, 0.1) is 11.1 Å². The van der Waals surface area contributed by atoms with Crippen LogP contribution in [-0.2, 0) is 4.79 Å². The summed E-state index contributed by atoms with van der Waals surface area (Å²) in [4.78, 5) is 29.8. The van der Waals surface area contributed by atoms with Crippen LogP contribution in [0.3, 0.4) is 0 Å². The summed E-state index contributed by atoms with van der Waals surface area (Å²) in [6.07, 6.45) is 2.67. The van der Waals surface area contributed by atoms with Crippen molar-refractivity contribution in [1.29, 1.82) is 0 Å². The molecule has 1 aliphatic rings. The van der Waals surface area contributed by atoms with Crippen molar-refractivity contribution in [2.45, 2.75) is 25.8 Å². The molecule has 3 rings (SSSR count). The molecule has 1 aromatic carbocycles. The number of carbonyl (C=O) groups excluding carboxylic acids is 1. The largest absolute Gasteiger partial charge is 0.480 e. The fraction of sp³-hybridized carbons (Fsp3) is 0.353. The molecule has 2 aromatic rings. The number of carbonyl (C=O) groups is 2. The molecule has 1 saturated heterocycles. The van der Waals surface area contributed by atoms with Gasteiger partial charge in [-0.1, -0.05) is 13.0 Å². The number of pyridine rings is 1. The third kappa shape index (κ3) is 2.88. The van der Waals surface area contributed by atoms with E-state index in [0.717, 1.165) is 12.5 Å². The van der Waals surface area contributed by atoms with Crippen LogP contribution < -0.4 is 0 Å². The van der Waals surface area contributed by atoms with Crippen molar-refractivity contribution in [2.75, 3.05) is 6.54 Å². The molecule has 2 unspecified atom stereocenters. The van der Waals surface area contributed by atoms with Crippen molar-refractivity contribution in [2.24, 2.45) is 5.92 Å². The highest BCUT2D eigenvalue weighted by molar-refractivity contribution is 6.06. The van der Waals surface area contributed by atoms with E-state index in [1.165, 1.54) is 17.2 Å². The van der Waals surface area contributed by atoms with Gasteiger partial charge in [-0.05, 0) is 37.0 Å². The minimum atomic E-state index is -1.03. The summed E-state index contributed by atoms with van der Waals surface area (Å²) in [5.74, 6) is -1.81. The maximum Gasteiger partial charge on any atom is 0.326 e. The highest BCUT2D eigenvalue weighted by Crippen LogP contribution is 2.27. The van der Waals surface area contributed by atoms with Crippen molar-refractivity contribution >= 4 is 22.8 Å². The second kappa shape index (κ2) is 5.95. The number of amides is 1. The van der Waals surface area contributed by atoms with Gasteiger partial charge in [-0.25, -0.2) is 9.18 Å². The molecular formula is C17H17FN2O3. The fourth-order valence-electron chi connectivity index (χ4n) is 3.09. The number of piperidine rings is 1. The normalized spacial score (nSPS) is 21.4. The number of aromatic nitrogens is 1. The molecular weight excluding hydrogens is 299 g/mol. The average molecular weight is 316 g/mol. The highest BCUT2D eigenvalue weighted by atomic mass is 19.1. The molecule has 1 fully saturated rings. The minimum Gasteiger partial charge on any atom is -0.480 e. The fourth-order valence-corrected chi connectivity index (χ4v) is 3.09. The van der Waals surface area contributed by atoms with Gasteiger partial charge in [-0.15, -0.1) is 0 Å². The molecule has 5 nitrogen and oxygen atoms in total. The number of likely N-dealkylation sites (tertiary alicyclic amines) is 1. The van der Waals surface area contributed by atoms with Crippen molar-refractivity contribution in [3.05, 3.63) is 41.8 Å². The summed E-state index contributed by atoms with van der Waals surface area (Å²) in [6.45, 7) is 2.32. The first-order chi connectivity index (χ1) is 11.0. The third-order valence-corrected chi connectivity index (χ3v) is 4.31. The van der Waals surface area contributed by atoms with Crippen LogP contribution >= 0.6 is 0 Å². The minimum absolute atomic E-state index is 0.112. The zero-order chi connectivity index (χ0) is 16.6. The number of benzene rings is 1. The molecule has 1 aromatic heterocycles. The van der Waals surface area contributed by atoms with Gasteiger partial charge >= 0.3 is 5.97 Å². The molecule has 0 saturated carbocycles. The summed E-state index contributed by atoms with van der Waals surface area (Å²) >= 11 is 0. The maximum absolute atomic E-state index is 13.8. The first-order valence-electron chi connectivity index (χ1n) is 7.55. The Morgan fingerprint density at radius 2 is 2.17 bits per heavy atom. The van der Waals surface area contributed by atoms with E-state index in [1.807, 2.05) is 6.92 Å². The number of carboxylic acid groups (broad SMARTS) is 1. The number of halogens is 1. The topological polar surface area (TPSA) is 70.5 Å². The lowest BCUT2D eigenvalue weighted by Gasteiger charge is -2.36. The number of carboxylic acids is 1. The Labute approximate surface area is 132 Å². The summed E-state index contributed by atoms with van der Waals surface area (Å²) in [5, 5.41) is 9.93. The molecule has 0 bridgehead atoms. The molecule has 0 radical (unpaired) electrons.